The Kier molecular flexibility index (Phi) is 4.19. The maximum atomic E-state index is 12.3. The van der Waals surface area contributed by atoms with Crippen LogP contribution in [-0.4, -0.2) is 33.0 Å². The molecule has 1 aliphatic heterocycles. The van der Waals surface area contributed by atoms with Gasteiger partial charge in [0.05, 0.1) is 25.4 Å². The van der Waals surface area contributed by atoms with Crippen LogP contribution in [0.1, 0.15) is 6.42 Å². The van der Waals surface area contributed by atoms with E-state index in [0.717, 1.165) is 6.42 Å². The van der Waals surface area contributed by atoms with Gasteiger partial charge in [-0.25, -0.2) is 0 Å². The molecule has 1 aromatic rings. The molecule has 1 atom stereocenters. The van der Waals surface area contributed by atoms with Crippen molar-refractivity contribution in [2.75, 3.05) is 25.6 Å². The standard InChI is InChI=1S/C12H15F2NO3/c1-16-9-2-3-11(18-12(13)14)10(6-9)15-8-4-5-17-7-8/h2-3,6,8,12,15H,4-5,7H2,1H3. The average molecular weight is 259 g/mol. The fourth-order valence-electron chi connectivity index (χ4n) is 1.82. The Morgan fingerprint density at radius 1 is 1.44 bits per heavy atom. The van der Waals surface area contributed by atoms with E-state index < -0.39 is 6.61 Å². The SMILES string of the molecule is COc1ccc(OC(F)F)c(NC2CCOC2)c1. The third kappa shape index (κ3) is 3.22. The molecule has 1 N–H and O–H groups in total. The van der Waals surface area contributed by atoms with Crippen molar-refractivity contribution >= 4 is 5.69 Å². The number of benzene rings is 1. The highest BCUT2D eigenvalue weighted by Gasteiger charge is 2.18. The predicted octanol–water partition coefficient (Wildman–Crippen LogP) is 2.50. The fourth-order valence-corrected chi connectivity index (χ4v) is 1.82. The zero-order valence-electron chi connectivity index (χ0n) is 9.99. The van der Waals surface area contributed by atoms with Crippen molar-refractivity contribution in [2.24, 2.45) is 0 Å². The van der Waals surface area contributed by atoms with Gasteiger partial charge in [0.25, 0.3) is 0 Å². The molecule has 1 saturated heterocycles. The van der Waals surface area contributed by atoms with Crippen LogP contribution < -0.4 is 14.8 Å². The van der Waals surface area contributed by atoms with Crippen molar-refractivity contribution in [3.63, 3.8) is 0 Å². The Morgan fingerprint density at radius 3 is 2.89 bits per heavy atom. The van der Waals surface area contributed by atoms with E-state index in [1.165, 1.54) is 13.2 Å². The van der Waals surface area contributed by atoms with Crippen LogP contribution in [0.25, 0.3) is 0 Å². The van der Waals surface area contributed by atoms with Crippen LogP contribution >= 0.6 is 0 Å². The second-order valence-electron chi connectivity index (χ2n) is 3.95. The minimum absolute atomic E-state index is 0.108. The highest BCUT2D eigenvalue weighted by molar-refractivity contribution is 5.60. The normalized spacial score (nSPS) is 19.0. The van der Waals surface area contributed by atoms with Gasteiger partial charge in [-0.05, 0) is 18.6 Å². The first-order valence-electron chi connectivity index (χ1n) is 5.66. The Labute approximate surface area is 104 Å². The maximum absolute atomic E-state index is 12.3. The van der Waals surface area contributed by atoms with E-state index in [0.29, 0.717) is 24.7 Å². The van der Waals surface area contributed by atoms with Crippen molar-refractivity contribution < 1.29 is 23.0 Å². The van der Waals surface area contributed by atoms with Crippen molar-refractivity contribution in [1.29, 1.82) is 0 Å². The number of alkyl halides is 2. The Bertz CT molecular complexity index is 395. The second-order valence-corrected chi connectivity index (χ2v) is 3.95. The molecule has 0 aliphatic carbocycles. The van der Waals surface area contributed by atoms with Crippen LogP contribution in [0.15, 0.2) is 18.2 Å². The van der Waals surface area contributed by atoms with Gasteiger partial charge in [-0.1, -0.05) is 0 Å². The summed E-state index contributed by atoms with van der Waals surface area (Å²) in [6.07, 6.45) is 0.839. The first-order valence-corrected chi connectivity index (χ1v) is 5.66. The van der Waals surface area contributed by atoms with Crippen LogP contribution in [0.5, 0.6) is 11.5 Å². The molecule has 0 radical (unpaired) electrons. The lowest BCUT2D eigenvalue weighted by molar-refractivity contribution is -0.0494. The molecule has 0 amide bonds. The van der Waals surface area contributed by atoms with E-state index in [9.17, 15) is 8.78 Å². The predicted molar refractivity (Wildman–Crippen MR) is 62.5 cm³/mol. The van der Waals surface area contributed by atoms with E-state index in [1.54, 1.807) is 12.1 Å². The minimum atomic E-state index is -2.85. The van der Waals surface area contributed by atoms with Gasteiger partial charge < -0.3 is 19.5 Å². The van der Waals surface area contributed by atoms with Crippen LogP contribution in [0.4, 0.5) is 14.5 Å². The second kappa shape index (κ2) is 5.86. The third-order valence-corrected chi connectivity index (χ3v) is 2.69. The van der Waals surface area contributed by atoms with Gasteiger partial charge in [0.15, 0.2) is 0 Å². The van der Waals surface area contributed by atoms with E-state index in [-0.39, 0.29) is 11.8 Å². The summed E-state index contributed by atoms with van der Waals surface area (Å²) in [6, 6.07) is 4.78. The van der Waals surface area contributed by atoms with Gasteiger partial charge >= 0.3 is 6.61 Å². The summed E-state index contributed by atoms with van der Waals surface area (Å²) in [5, 5.41) is 3.13. The molecule has 1 unspecified atom stereocenters. The van der Waals surface area contributed by atoms with E-state index in [2.05, 4.69) is 10.1 Å². The summed E-state index contributed by atoms with van der Waals surface area (Å²) in [5.41, 5.74) is 0.491. The van der Waals surface area contributed by atoms with Crippen molar-refractivity contribution in [3.05, 3.63) is 18.2 Å². The lowest BCUT2D eigenvalue weighted by atomic mass is 10.2. The van der Waals surface area contributed by atoms with Gasteiger partial charge in [0.2, 0.25) is 0 Å². The average Bonchev–Trinajstić information content (AvgIpc) is 2.83. The molecule has 0 spiro atoms. The summed E-state index contributed by atoms with van der Waals surface area (Å²) in [4.78, 5) is 0. The van der Waals surface area contributed by atoms with Gasteiger partial charge in [0.1, 0.15) is 11.5 Å². The molecule has 100 valence electrons. The fraction of sp³-hybridized carbons (Fsp3) is 0.500. The topological polar surface area (TPSA) is 39.7 Å². The van der Waals surface area contributed by atoms with Gasteiger partial charge in [0, 0.05) is 12.7 Å². The van der Waals surface area contributed by atoms with Crippen molar-refractivity contribution in [1.82, 2.24) is 0 Å². The molecule has 1 heterocycles. The molecule has 1 aliphatic rings. The third-order valence-electron chi connectivity index (χ3n) is 2.69. The highest BCUT2D eigenvalue weighted by atomic mass is 19.3. The molecule has 6 heteroatoms. The smallest absolute Gasteiger partial charge is 0.387 e. The summed E-state index contributed by atoms with van der Waals surface area (Å²) in [7, 11) is 1.52. The molecular formula is C12H15F2NO3. The quantitative estimate of drug-likeness (QED) is 0.882. The summed E-state index contributed by atoms with van der Waals surface area (Å²) >= 11 is 0. The number of methoxy groups -OCH3 is 1. The van der Waals surface area contributed by atoms with Gasteiger partial charge in [-0.3, -0.25) is 0 Å². The van der Waals surface area contributed by atoms with Crippen LogP contribution in [0.2, 0.25) is 0 Å². The first-order chi connectivity index (χ1) is 8.69. The molecule has 1 aromatic carbocycles. The van der Waals surface area contributed by atoms with E-state index in [4.69, 9.17) is 9.47 Å². The molecule has 1 fully saturated rings. The zero-order chi connectivity index (χ0) is 13.0. The summed E-state index contributed by atoms with van der Waals surface area (Å²) in [5.74, 6) is 0.690. The molecule has 0 bridgehead atoms. The number of anilines is 1. The monoisotopic (exact) mass is 259 g/mol. The summed E-state index contributed by atoms with van der Waals surface area (Å²) < 4.78 is 39.3. The number of rotatable bonds is 5. The molecule has 18 heavy (non-hydrogen) atoms. The van der Waals surface area contributed by atoms with Crippen LogP contribution in [0, 0.1) is 0 Å². The van der Waals surface area contributed by atoms with E-state index in [1.807, 2.05) is 0 Å². The number of nitrogens with one attached hydrogen (secondary N) is 1. The molecule has 4 nitrogen and oxygen atoms in total. The van der Waals surface area contributed by atoms with Crippen molar-refractivity contribution in [3.8, 4) is 11.5 Å². The largest absolute Gasteiger partial charge is 0.497 e. The van der Waals surface area contributed by atoms with Crippen LogP contribution in [0.3, 0.4) is 0 Å². The van der Waals surface area contributed by atoms with Gasteiger partial charge in [-0.15, -0.1) is 0 Å². The number of hydrogen-bond donors (Lipinski definition) is 1. The number of halogens is 2. The maximum Gasteiger partial charge on any atom is 0.387 e. The minimum Gasteiger partial charge on any atom is -0.497 e. The van der Waals surface area contributed by atoms with Gasteiger partial charge in [-0.2, -0.15) is 8.78 Å². The Hall–Kier alpha value is -1.56. The zero-order valence-corrected chi connectivity index (χ0v) is 9.99. The lowest BCUT2D eigenvalue weighted by Crippen LogP contribution is -2.19. The molecule has 2 rings (SSSR count). The summed E-state index contributed by atoms with van der Waals surface area (Å²) in [6.45, 7) is -1.61. The van der Waals surface area contributed by atoms with Crippen LogP contribution in [-0.2, 0) is 4.74 Å². The number of ether oxygens (including phenoxy) is 3. The number of hydrogen-bond acceptors (Lipinski definition) is 4. The molecular weight excluding hydrogens is 244 g/mol. The molecule has 0 saturated carbocycles. The molecule has 0 aromatic heterocycles. The van der Waals surface area contributed by atoms with Crippen molar-refractivity contribution in [2.45, 2.75) is 19.1 Å². The Morgan fingerprint density at radius 2 is 2.28 bits per heavy atom. The Balaban J connectivity index is 2.16. The highest BCUT2D eigenvalue weighted by Crippen LogP contribution is 2.31. The first kappa shape index (κ1) is 12.9. The lowest BCUT2D eigenvalue weighted by Gasteiger charge is -2.17. The van der Waals surface area contributed by atoms with E-state index >= 15 is 0 Å².